The Bertz CT molecular complexity index is 793. The number of carbonyl (C=O) groups is 1. The zero-order valence-electron chi connectivity index (χ0n) is 15.6. The number of carbonyl (C=O) groups excluding carboxylic acids is 1. The molecule has 2 aromatic rings. The number of oxazole rings is 1. The number of aromatic nitrogens is 1. The number of ether oxygens (including phenoxy) is 1. The zero-order chi connectivity index (χ0) is 18.3. The Kier molecular flexibility index (Phi) is 4.13. The van der Waals surface area contributed by atoms with Crippen LogP contribution in [0, 0.1) is 0 Å². The van der Waals surface area contributed by atoms with Gasteiger partial charge in [-0.05, 0) is 51.0 Å². The molecular weight excluding hydrogens is 330 g/mol. The van der Waals surface area contributed by atoms with Crippen LogP contribution in [0.15, 0.2) is 35.1 Å². The van der Waals surface area contributed by atoms with Crippen molar-refractivity contribution in [3.8, 4) is 5.75 Å². The van der Waals surface area contributed by atoms with Gasteiger partial charge in [0.15, 0.2) is 12.1 Å². The second-order valence-corrected chi connectivity index (χ2v) is 7.73. The molecular formula is C20H25N3O3. The summed E-state index contributed by atoms with van der Waals surface area (Å²) in [5.41, 5.74) is 1.47. The summed E-state index contributed by atoms with van der Waals surface area (Å²) in [5.74, 6) is 1.98. The van der Waals surface area contributed by atoms with Gasteiger partial charge in [0, 0.05) is 31.2 Å². The Hall–Kier alpha value is -2.50. The number of rotatable bonds is 4. The first-order valence-corrected chi connectivity index (χ1v) is 9.14. The van der Waals surface area contributed by atoms with Crippen molar-refractivity contribution in [1.29, 1.82) is 0 Å². The number of hydrogen-bond acceptors (Lipinski definition) is 5. The third-order valence-corrected chi connectivity index (χ3v) is 5.32. The molecule has 0 radical (unpaired) electrons. The van der Waals surface area contributed by atoms with Crippen molar-refractivity contribution in [1.82, 2.24) is 9.88 Å². The van der Waals surface area contributed by atoms with Gasteiger partial charge in [0.2, 0.25) is 0 Å². The lowest BCUT2D eigenvalue weighted by atomic mass is 9.97. The summed E-state index contributed by atoms with van der Waals surface area (Å²) in [6, 6.07) is 8.09. The normalized spacial score (nSPS) is 19.5. The van der Waals surface area contributed by atoms with Gasteiger partial charge in [-0.15, -0.1) is 0 Å². The van der Waals surface area contributed by atoms with E-state index in [4.69, 9.17) is 9.15 Å². The molecule has 0 spiro atoms. The quantitative estimate of drug-likeness (QED) is 0.842. The van der Waals surface area contributed by atoms with Crippen LogP contribution in [0.4, 0.5) is 5.69 Å². The van der Waals surface area contributed by atoms with Crippen molar-refractivity contribution < 1.29 is 13.9 Å². The van der Waals surface area contributed by atoms with E-state index in [1.807, 2.05) is 17.0 Å². The Labute approximate surface area is 153 Å². The van der Waals surface area contributed by atoms with Crippen molar-refractivity contribution >= 4 is 11.6 Å². The zero-order valence-corrected chi connectivity index (χ0v) is 15.6. The van der Waals surface area contributed by atoms with Crippen LogP contribution in [0.3, 0.4) is 0 Å². The van der Waals surface area contributed by atoms with Crippen molar-refractivity contribution in [3.05, 3.63) is 42.1 Å². The summed E-state index contributed by atoms with van der Waals surface area (Å²) in [6.45, 7) is 6.43. The summed E-state index contributed by atoms with van der Waals surface area (Å²) in [7, 11) is 1.67. The van der Waals surface area contributed by atoms with Gasteiger partial charge in [0.05, 0.1) is 12.6 Å². The lowest BCUT2D eigenvalue weighted by Crippen LogP contribution is -2.60. The molecule has 0 N–H and O–H groups in total. The van der Waals surface area contributed by atoms with E-state index in [0.717, 1.165) is 36.6 Å². The number of piperazine rings is 1. The molecule has 1 saturated carbocycles. The number of amides is 1. The highest BCUT2D eigenvalue weighted by Gasteiger charge is 2.39. The molecule has 2 fully saturated rings. The van der Waals surface area contributed by atoms with E-state index in [-0.39, 0.29) is 11.4 Å². The highest BCUT2D eigenvalue weighted by molar-refractivity contribution is 5.93. The number of anilines is 1. The maximum absolute atomic E-state index is 13.0. The van der Waals surface area contributed by atoms with Crippen LogP contribution < -0.4 is 9.64 Å². The van der Waals surface area contributed by atoms with Gasteiger partial charge >= 0.3 is 0 Å². The molecule has 1 aromatic heterocycles. The third-order valence-electron chi connectivity index (χ3n) is 5.32. The summed E-state index contributed by atoms with van der Waals surface area (Å²) in [5, 5.41) is 0. The van der Waals surface area contributed by atoms with E-state index in [2.05, 4.69) is 35.9 Å². The van der Waals surface area contributed by atoms with Crippen LogP contribution in [0.2, 0.25) is 0 Å². The minimum Gasteiger partial charge on any atom is -0.497 e. The molecule has 0 atom stereocenters. The summed E-state index contributed by atoms with van der Waals surface area (Å²) in [4.78, 5) is 21.5. The monoisotopic (exact) mass is 355 g/mol. The first kappa shape index (κ1) is 16.9. The number of nitrogens with zero attached hydrogens (tertiary/aromatic N) is 3. The van der Waals surface area contributed by atoms with Crippen LogP contribution in [-0.4, -0.2) is 48.1 Å². The molecule has 2 aliphatic rings. The molecule has 1 aromatic carbocycles. The third kappa shape index (κ3) is 3.04. The standard InChI is InChI=1S/C20H25N3O3/c1-20(2)12-22(19(24)17-18(14-4-5-14)26-13-21-17)10-11-23(20)15-6-8-16(25-3)9-7-15/h6-9,13-14H,4-5,10-12H2,1-3H3. The fourth-order valence-corrected chi connectivity index (χ4v) is 3.77. The minimum absolute atomic E-state index is 0.0110. The average molecular weight is 355 g/mol. The van der Waals surface area contributed by atoms with Gasteiger partial charge in [-0.2, -0.15) is 0 Å². The predicted molar refractivity (Wildman–Crippen MR) is 98.8 cm³/mol. The largest absolute Gasteiger partial charge is 0.497 e. The van der Waals surface area contributed by atoms with E-state index in [1.165, 1.54) is 6.39 Å². The van der Waals surface area contributed by atoms with Crippen LogP contribution in [0.5, 0.6) is 5.75 Å². The maximum atomic E-state index is 13.0. The number of hydrogen-bond donors (Lipinski definition) is 0. The molecule has 138 valence electrons. The smallest absolute Gasteiger partial charge is 0.276 e. The van der Waals surface area contributed by atoms with Gasteiger partial charge in [-0.3, -0.25) is 4.79 Å². The van der Waals surface area contributed by atoms with E-state index in [9.17, 15) is 4.79 Å². The first-order valence-electron chi connectivity index (χ1n) is 9.14. The molecule has 6 heteroatoms. The second kappa shape index (κ2) is 6.34. The predicted octanol–water partition coefficient (Wildman–Crippen LogP) is 3.30. The van der Waals surface area contributed by atoms with Crippen molar-refractivity contribution in [2.24, 2.45) is 0 Å². The maximum Gasteiger partial charge on any atom is 0.276 e. The molecule has 1 amide bonds. The summed E-state index contributed by atoms with van der Waals surface area (Å²) >= 11 is 0. The Morgan fingerprint density at radius 1 is 1.23 bits per heavy atom. The lowest BCUT2D eigenvalue weighted by Gasteiger charge is -2.48. The van der Waals surface area contributed by atoms with E-state index in [0.29, 0.717) is 24.7 Å². The molecule has 1 aliphatic carbocycles. The lowest BCUT2D eigenvalue weighted by molar-refractivity contribution is 0.0678. The van der Waals surface area contributed by atoms with Crippen molar-refractivity contribution in [2.75, 3.05) is 31.6 Å². The Morgan fingerprint density at radius 2 is 1.96 bits per heavy atom. The van der Waals surface area contributed by atoms with Gasteiger partial charge in [0.1, 0.15) is 11.5 Å². The van der Waals surface area contributed by atoms with E-state index < -0.39 is 0 Å². The molecule has 6 nitrogen and oxygen atoms in total. The highest BCUT2D eigenvalue weighted by atomic mass is 16.5. The molecule has 0 unspecified atom stereocenters. The average Bonchev–Trinajstić information content (AvgIpc) is 3.37. The first-order chi connectivity index (χ1) is 12.5. The van der Waals surface area contributed by atoms with Crippen molar-refractivity contribution in [3.63, 3.8) is 0 Å². The molecule has 2 heterocycles. The molecule has 1 saturated heterocycles. The van der Waals surface area contributed by atoms with E-state index in [1.54, 1.807) is 7.11 Å². The van der Waals surface area contributed by atoms with Gasteiger partial charge < -0.3 is 19.0 Å². The number of benzene rings is 1. The summed E-state index contributed by atoms with van der Waals surface area (Å²) in [6.07, 6.45) is 3.58. The van der Waals surface area contributed by atoms with Gasteiger partial charge in [-0.25, -0.2) is 4.98 Å². The second-order valence-electron chi connectivity index (χ2n) is 7.73. The fraction of sp³-hybridized carbons (Fsp3) is 0.500. The Balaban J connectivity index is 1.50. The van der Waals surface area contributed by atoms with Crippen molar-refractivity contribution in [2.45, 2.75) is 38.1 Å². The van der Waals surface area contributed by atoms with Gasteiger partial charge in [-0.1, -0.05) is 0 Å². The highest BCUT2D eigenvalue weighted by Crippen LogP contribution is 2.42. The van der Waals surface area contributed by atoms with Crippen LogP contribution in [0.1, 0.15) is 48.9 Å². The topological polar surface area (TPSA) is 58.8 Å². The SMILES string of the molecule is COc1ccc(N2CCN(C(=O)c3ncoc3C3CC3)CC2(C)C)cc1. The minimum atomic E-state index is -0.175. The molecule has 4 rings (SSSR count). The Morgan fingerprint density at radius 3 is 2.58 bits per heavy atom. The van der Waals surface area contributed by atoms with Crippen LogP contribution >= 0.6 is 0 Å². The van der Waals surface area contributed by atoms with Gasteiger partial charge in [0.25, 0.3) is 5.91 Å². The summed E-state index contributed by atoms with van der Waals surface area (Å²) < 4.78 is 10.7. The van der Waals surface area contributed by atoms with Crippen LogP contribution in [-0.2, 0) is 0 Å². The molecule has 0 bridgehead atoms. The fourth-order valence-electron chi connectivity index (χ4n) is 3.77. The van der Waals surface area contributed by atoms with E-state index >= 15 is 0 Å². The van der Waals surface area contributed by atoms with Crippen LogP contribution in [0.25, 0.3) is 0 Å². The number of methoxy groups -OCH3 is 1. The molecule has 26 heavy (non-hydrogen) atoms. The molecule has 1 aliphatic heterocycles.